The minimum atomic E-state index is 0.00345. The lowest BCUT2D eigenvalue weighted by Crippen LogP contribution is -2.61. The Balaban J connectivity index is 1.42. The zero-order valence-electron chi connectivity index (χ0n) is 16.1. The van der Waals surface area contributed by atoms with E-state index in [1.54, 1.807) is 7.11 Å². The van der Waals surface area contributed by atoms with Gasteiger partial charge in [-0.05, 0) is 31.2 Å². The monoisotopic (exact) mass is 374 g/mol. The van der Waals surface area contributed by atoms with E-state index in [0.29, 0.717) is 31.1 Å². The summed E-state index contributed by atoms with van der Waals surface area (Å²) in [5, 5.41) is 3.26. The number of nitrogens with one attached hydrogen (secondary N) is 3. The molecule has 1 aromatic carbocycles. The number of carbonyl (C=O) groups excluding carboxylic acids is 1. The Bertz CT molecular complexity index is 643. The normalized spacial score (nSPS) is 33.9. The lowest BCUT2D eigenvalue weighted by Gasteiger charge is -2.47. The van der Waals surface area contributed by atoms with Gasteiger partial charge in [0.05, 0.1) is 19.3 Å². The van der Waals surface area contributed by atoms with Gasteiger partial charge in [-0.3, -0.25) is 5.43 Å². The quantitative estimate of drug-likeness (QED) is 0.660. The van der Waals surface area contributed by atoms with Crippen LogP contribution in [-0.4, -0.2) is 56.1 Å². The number of ether oxygens (including phenoxy) is 2. The zero-order valence-corrected chi connectivity index (χ0v) is 16.1. The second kappa shape index (κ2) is 8.14. The van der Waals surface area contributed by atoms with Crippen molar-refractivity contribution in [3.8, 4) is 0 Å². The number of benzene rings is 1. The van der Waals surface area contributed by atoms with Gasteiger partial charge in [-0.15, -0.1) is 0 Å². The summed E-state index contributed by atoms with van der Waals surface area (Å²) in [6, 6.07) is 10.9. The number of hydrogen-bond acceptors (Lipinski definition) is 5. The van der Waals surface area contributed by atoms with Gasteiger partial charge in [0.15, 0.2) is 0 Å². The van der Waals surface area contributed by atoms with Crippen molar-refractivity contribution in [2.75, 3.05) is 26.9 Å². The standard InChI is InChI=1S/C20H30N4O3/c1-13(14-6-4-3-5-7-14)24-12-15-10-16-18(11-17(15)21-20(24)25)22-23-19(16)27-9-8-26-2/h3-7,13,15-19,22-23H,8-12H2,1-2H3,(H,21,25)/t13-,15?,16?,17?,18?,19?/m1/s1. The molecular formula is C20H30N4O3. The number of nitrogens with zero attached hydrogens (tertiary/aromatic N) is 1. The van der Waals surface area contributed by atoms with E-state index < -0.39 is 0 Å². The number of methoxy groups -OCH3 is 1. The zero-order chi connectivity index (χ0) is 18.8. The highest BCUT2D eigenvalue weighted by molar-refractivity contribution is 5.76. The van der Waals surface area contributed by atoms with E-state index in [0.717, 1.165) is 19.4 Å². The third kappa shape index (κ3) is 3.82. The van der Waals surface area contributed by atoms with E-state index in [4.69, 9.17) is 9.47 Å². The first-order chi connectivity index (χ1) is 13.2. The second-order valence-electron chi connectivity index (χ2n) is 7.87. The topological polar surface area (TPSA) is 74.9 Å². The minimum absolute atomic E-state index is 0.00345. The minimum Gasteiger partial charge on any atom is -0.382 e. The van der Waals surface area contributed by atoms with Crippen molar-refractivity contribution in [1.82, 2.24) is 21.1 Å². The van der Waals surface area contributed by atoms with Gasteiger partial charge >= 0.3 is 6.03 Å². The third-order valence-corrected chi connectivity index (χ3v) is 6.30. The molecule has 2 aliphatic heterocycles. The van der Waals surface area contributed by atoms with E-state index >= 15 is 0 Å². The fraction of sp³-hybridized carbons (Fsp3) is 0.650. The molecule has 0 aromatic heterocycles. The van der Waals surface area contributed by atoms with Crippen molar-refractivity contribution >= 4 is 6.03 Å². The van der Waals surface area contributed by atoms with Gasteiger partial charge in [0.25, 0.3) is 0 Å². The van der Waals surface area contributed by atoms with E-state index in [1.165, 1.54) is 5.56 Å². The van der Waals surface area contributed by atoms with Crippen molar-refractivity contribution in [3.05, 3.63) is 35.9 Å². The lowest BCUT2D eigenvalue weighted by atomic mass is 9.74. The molecule has 3 fully saturated rings. The van der Waals surface area contributed by atoms with E-state index in [9.17, 15) is 4.79 Å². The maximum atomic E-state index is 12.7. The fourth-order valence-corrected chi connectivity index (χ4v) is 4.74. The number of hydrogen-bond donors (Lipinski definition) is 3. The Hall–Kier alpha value is -1.67. The number of urea groups is 1. The average Bonchev–Trinajstić information content (AvgIpc) is 3.08. The first kappa shape index (κ1) is 18.7. The molecule has 0 radical (unpaired) electrons. The van der Waals surface area contributed by atoms with Crippen molar-refractivity contribution in [2.45, 2.75) is 44.1 Å². The molecule has 1 aromatic rings. The predicted octanol–water partition coefficient (Wildman–Crippen LogP) is 1.63. The summed E-state index contributed by atoms with van der Waals surface area (Å²) >= 11 is 0. The first-order valence-corrected chi connectivity index (χ1v) is 9.91. The van der Waals surface area contributed by atoms with E-state index in [1.807, 2.05) is 23.1 Å². The predicted molar refractivity (Wildman–Crippen MR) is 102 cm³/mol. The van der Waals surface area contributed by atoms with Gasteiger partial charge in [-0.25, -0.2) is 10.2 Å². The van der Waals surface area contributed by atoms with Crippen LogP contribution in [0.4, 0.5) is 4.79 Å². The van der Waals surface area contributed by atoms with E-state index in [-0.39, 0.29) is 24.3 Å². The van der Waals surface area contributed by atoms with Crippen molar-refractivity contribution in [3.63, 3.8) is 0 Å². The molecule has 7 heteroatoms. The Morgan fingerprint density at radius 1 is 1.15 bits per heavy atom. The van der Waals surface area contributed by atoms with Crippen LogP contribution in [0.25, 0.3) is 0 Å². The van der Waals surface area contributed by atoms with Crippen molar-refractivity contribution < 1.29 is 14.3 Å². The lowest BCUT2D eigenvalue weighted by molar-refractivity contribution is -0.0303. The van der Waals surface area contributed by atoms with E-state index in [2.05, 4.69) is 35.2 Å². The number of carbonyl (C=O) groups is 1. The summed E-state index contributed by atoms with van der Waals surface area (Å²) in [5.74, 6) is 0.845. The number of rotatable bonds is 6. The molecule has 5 unspecified atom stereocenters. The van der Waals surface area contributed by atoms with Crippen LogP contribution in [0.1, 0.15) is 31.4 Å². The van der Waals surface area contributed by atoms with Gasteiger partial charge < -0.3 is 19.7 Å². The maximum Gasteiger partial charge on any atom is 0.318 e. The number of hydrazine groups is 1. The molecule has 3 aliphatic rings. The largest absolute Gasteiger partial charge is 0.382 e. The number of amides is 2. The van der Waals surface area contributed by atoms with Crippen LogP contribution in [0, 0.1) is 11.8 Å². The molecule has 7 nitrogen and oxygen atoms in total. The summed E-state index contributed by atoms with van der Waals surface area (Å²) in [6.45, 7) is 4.08. The van der Waals surface area contributed by atoms with Crippen LogP contribution >= 0.6 is 0 Å². The molecule has 27 heavy (non-hydrogen) atoms. The molecule has 148 valence electrons. The molecule has 4 rings (SSSR count). The summed E-state index contributed by atoms with van der Waals surface area (Å²) in [4.78, 5) is 14.7. The van der Waals surface area contributed by atoms with Gasteiger partial charge in [-0.2, -0.15) is 0 Å². The first-order valence-electron chi connectivity index (χ1n) is 9.91. The highest BCUT2D eigenvalue weighted by Gasteiger charge is 2.48. The Labute approximate surface area is 160 Å². The molecule has 2 saturated heterocycles. The maximum absolute atomic E-state index is 12.7. The molecule has 2 heterocycles. The SMILES string of the molecule is COCCOC1NNC2CC3NC(=O)N([C@H](C)c4ccccc4)CC3CC21. The van der Waals surface area contributed by atoms with Gasteiger partial charge in [0, 0.05) is 31.7 Å². The van der Waals surface area contributed by atoms with Gasteiger partial charge in [-0.1, -0.05) is 30.3 Å². The fourth-order valence-electron chi connectivity index (χ4n) is 4.74. The molecular weight excluding hydrogens is 344 g/mol. The molecule has 1 aliphatic carbocycles. The molecule has 6 atom stereocenters. The van der Waals surface area contributed by atoms with Gasteiger partial charge in [0.1, 0.15) is 6.23 Å². The molecule has 2 amide bonds. The smallest absolute Gasteiger partial charge is 0.318 e. The summed E-state index contributed by atoms with van der Waals surface area (Å²) in [5.41, 5.74) is 7.82. The highest BCUT2D eigenvalue weighted by atomic mass is 16.5. The molecule has 3 N–H and O–H groups in total. The summed E-state index contributed by atoms with van der Waals surface area (Å²) < 4.78 is 11.0. The Morgan fingerprint density at radius 3 is 2.74 bits per heavy atom. The number of fused-ring (bicyclic) bond motifs is 2. The van der Waals surface area contributed by atoms with Crippen LogP contribution in [-0.2, 0) is 9.47 Å². The summed E-state index contributed by atoms with van der Waals surface area (Å²) in [6.07, 6.45) is 1.97. The van der Waals surface area contributed by atoms with Crippen molar-refractivity contribution in [1.29, 1.82) is 0 Å². The summed E-state index contributed by atoms with van der Waals surface area (Å²) in [7, 11) is 1.69. The van der Waals surface area contributed by atoms with Crippen LogP contribution in [0.3, 0.4) is 0 Å². The van der Waals surface area contributed by atoms with Crippen LogP contribution in [0.15, 0.2) is 30.3 Å². The van der Waals surface area contributed by atoms with Crippen molar-refractivity contribution in [2.24, 2.45) is 11.8 Å². The van der Waals surface area contributed by atoms with Crippen LogP contribution < -0.4 is 16.2 Å². The average molecular weight is 374 g/mol. The second-order valence-corrected chi connectivity index (χ2v) is 7.87. The highest BCUT2D eigenvalue weighted by Crippen LogP contribution is 2.38. The molecule has 0 bridgehead atoms. The van der Waals surface area contributed by atoms with Crippen LogP contribution in [0.2, 0.25) is 0 Å². The Morgan fingerprint density at radius 2 is 1.96 bits per heavy atom. The Kier molecular flexibility index (Phi) is 5.63. The molecule has 1 saturated carbocycles. The third-order valence-electron chi connectivity index (χ3n) is 6.30. The molecule has 0 spiro atoms. The van der Waals surface area contributed by atoms with Crippen LogP contribution in [0.5, 0.6) is 0 Å². The van der Waals surface area contributed by atoms with Gasteiger partial charge in [0.2, 0.25) is 0 Å².